The van der Waals surface area contributed by atoms with Crippen molar-refractivity contribution in [2.75, 3.05) is 10.8 Å². The second-order valence-electron chi connectivity index (χ2n) is 6.90. The first-order valence-electron chi connectivity index (χ1n) is 8.58. The molecule has 1 aliphatic heterocycles. The molecule has 0 saturated carbocycles. The molecule has 0 fully saturated rings. The van der Waals surface area contributed by atoms with Gasteiger partial charge in [-0.3, -0.25) is 9.29 Å². The first-order chi connectivity index (χ1) is 12.5. The molecule has 0 bridgehead atoms. The highest BCUT2D eigenvalue weighted by Crippen LogP contribution is 2.44. The van der Waals surface area contributed by atoms with E-state index in [1.165, 1.54) is 0 Å². The minimum absolute atomic E-state index is 0.317. The molecule has 0 aliphatic carbocycles. The van der Waals surface area contributed by atoms with Crippen LogP contribution in [0.2, 0.25) is 0 Å². The number of para-hydroxylation sites is 1. The Bertz CT molecular complexity index is 1020. The van der Waals surface area contributed by atoms with Crippen LogP contribution < -0.4 is 4.31 Å². The van der Waals surface area contributed by atoms with Crippen LogP contribution in [0.1, 0.15) is 18.2 Å². The van der Waals surface area contributed by atoms with Crippen LogP contribution in [0.5, 0.6) is 0 Å². The predicted molar refractivity (Wildman–Crippen MR) is 103 cm³/mol. The van der Waals surface area contributed by atoms with Crippen molar-refractivity contribution in [3.63, 3.8) is 0 Å². The van der Waals surface area contributed by atoms with Crippen molar-refractivity contribution in [3.8, 4) is 0 Å². The standard InChI is InChI=1S/C21H20N2O2S/c1-21(15-17-9-7-8-14-22-17)16-23(20-13-6-5-12-19(20)21)26(24,25)18-10-3-2-4-11-18/h2-14H,15-16H2,1H3. The Balaban J connectivity index is 1.78. The van der Waals surface area contributed by atoms with Crippen molar-refractivity contribution in [1.82, 2.24) is 4.98 Å². The number of aromatic nitrogens is 1. The van der Waals surface area contributed by atoms with Crippen LogP contribution in [0.25, 0.3) is 0 Å². The van der Waals surface area contributed by atoms with E-state index in [-0.39, 0.29) is 5.41 Å². The first-order valence-corrected chi connectivity index (χ1v) is 10.0. The second-order valence-corrected chi connectivity index (χ2v) is 8.76. The Morgan fingerprint density at radius 1 is 0.962 bits per heavy atom. The SMILES string of the molecule is CC1(Cc2ccccn2)CN(S(=O)(=O)c2ccccc2)c2ccccc21. The van der Waals surface area contributed by atoms with Crippen molar-refractivity contribution >= 4 is 15.7 Å². The summed E-state index contributed by atoms with van der Waals surface area (Å²) in [5.74, 6) is 0. The molecule has 0 N–H and O–H groups in total. The topological polar surface area (TPSA) is 50.3 Å². The van der Waals surface area contributed by atoms with Gasteiger partial charge in [-0.2, -0.15) is 0 Å². The van der Waals surface area contributed by atoms with Crippen LogP contribution in [0.3, 0.4) is 0 Å². The lowest BCUT2D eigenvalue weighted by Gasteiger charge is -2.26. The molecule has 0 saturated heterocycles. The van der Waals surface area contributed by atoms with Gasteiger partial charge in [0.05, 0.1) is 10.6 Å². The van der Waals surface area contributed by atoms with Gasteiger partial charge in [-0.15, -0.1) is 0 Å². The van der Waals surface area contributed by atoms with E-state index < -0.39 is 10.0 Å². The fourth-order valence-corrected chi connectivity index (χ4v) is 5.31. The van der Waals surface area contributed by atoms with Crippen LogP contribution in [-0.4, -0.2) is 19.9 Å². The van der Waals surface area contributed by atoms with Gasteiger partial charge in [0.15, 0.2) is 0 Å². The maximum absolute atomic E-state index is 13.2. The summed E-state index contributed by atoms with van der Waals surface area (Å²) < 4.78 is 28.0. The van der Waals surface area contributed by atoms with Crippen molar-refractivity contribution in [3.05, 3.63) is 90.3 Å². The van der Waals surface area contributed by atoms with Crippen LogP contribution in [0.15, 0.2) is 83.9 Å². The number of fused-ring (bicyclic) bond motifs is 1. The normalized spacial score (nSPS) is 19.3. The molecule has 4 rings (SSSR count). The zero-order chi connectivity index (χ0) is 18.2. The second kappa shape index (κ2) is 6.25. The summed E-state index contributed by atoms with van der Waals surface area (Å²) in [5.41, 5.74) is 2.44. The van der Waals surface area contributed by atoms with Gasteiger partial charge in [0, 0.05) is 30.3 Å². The van der Waals surface area contributed by atoms with Crippen LogP contribution in [0.4, 0.5) is 5.69 Å². The molecule has 1 aliphatic rings. The third-order valence-electron chi connectivity index (χ3n) is 4.94. The largest absolute Gasteiger partial charge is 0.265 e. The molecular weight excluding hydrogens is 344 g/mol. The fraction of sp³-hybridized carbons (Fsp3) is 0.190. The molecule has 1 atom stereocenters. The minimum atomic E-state index is -3.60. The van der Waals surface area contributed by atoms with Gasteiger partial charge in [-0.1, -0.05) is 49.4 Å². The Kier molecular flexibility index (Phi) is 4.04. The molecule has 1 unspecified atom stereocenters. The van der Waals surface area contributed by atoms with Crippen LogP contribution in [0, 0.1) is 0 Å². The zero-order valence-electron chi connectivity index (χ0n) is 14.5. The molecule has 1 aromatic heterocycles. The summed E-state index contributed by atoms with van der Waals surface area (Å²) in [5, 5.41) is 0. The zero-order valence-corrected chi connectivity index (χ0v) is 15.4. The molecule has 2 heterocycles. The number of hydrogen-bond donors (Lipinski definition) is 0. The van der Waals surface area contributed by atoms with Gasteiger partial charge in [-0.25, -0.2) is 8.42 Å². The molecule has 0 radical (unpaired) electrons. The van der Waals surface area contributed by atoms with Crippen molar-refractivity contribution in [2.24, 2.45) is 0 Å². The molecule has 132 valence electrons. The summed E-state index contributed by atoms with van der Waals surface area (Å²) in [6.07, 6.45) is 2.46. The molecule has 0 spiro atoms. The van der Waals surface area contributed by atoms with E-state index in [9.17, 15) is 8.42 Å². The van der Waals surface area contributed by atoms with E-state index in [1.807, 2.05) is 48.5 Å². The highest BCUT2D eigenvalue weighted by molar-refractivity contribution is 7.92. The number of sulfonamides is 1. The van der Waals surface area contributed by atoms with E-state index in [2.05, 4.69) is 11.9 Å². The monoisotopic (exact) mass is 364 g/mol. The summed E-state index contributed by atoms with van der Waals surface area (Å²) >= 11 is 0. The smallest absolute Gasteiger partial charge is 0.264 e. The Labute approximate surface area is 154 Å². The Hall–Kier alpha value is -2.66. The Morgan fingerprint density at radius 3 is 2.38 bits per heavy atom. The molecular formula is C21H20N2O2S. The molecule has 0 amide bonds. The van der Waals surface area contributed by atoms with Crippen LogP contribution >= 0.6 is 0 Å². The van der Waals surface area contributed by atoms with Crippen LogP contribution in [-0.2, 0) is 21.9 Å². The highest BCUT2D eigenvalue weighted by Gasteiger charge is 2.43. The summed E-state index contributed by atoms with van der Waals surface area (Å²) in [6, 6.07) is 22.2. The van der Waals surface area contributed by atoms with Gasteiger partial charge in [0.2, 0.25) is 0 Å². The molecule has 5 heteroatoms. The number of anilines is 1. The predicted octanol–water partition coefficient (Wildman–Crippen LogP) is 3.79. The minimum Gasteiger partial charge on any atom is -0.265 e. The van der Waals surface area contributed by atoms with Gasteiger partial charge in [-0.05, 0) is 35.9 Å². The van der Waals surface area contributed by atoms with Gasteiger partial charge in [0.25, 0.3) is 10.0 Å². The molecule has 3 aromatic rings. The average molecular weight is 364 g/mol. The Morgan fingerprint density at radius 2 is 1.65 bits per heavy atom. The highest BCUT2D eigenvalue weighted by atomic mass is 32.2. The maximum Gasteiger partial charge on any atom is 0.264 e. The number of benzene rings is 2. The number of nitrogens with zero attached hydrogens (tertiary/aromatic N) is 2. The number of hydrogen-bond acceptors (Lipinski definition) is 3. The number of rotatable bonds is 4. The van der Waals surface area contributed by atoms with Crippen molar-refractivity contribution in [1.29, 1.82) is 0 Å². The van der Waals surface area contributed by atoms with Crippen molar-refractivity contribution in [2.45, 2.75) is 23.7 Å². The first kappa shape index (κ1) is 16.8. The molecule has 4 nitrogen and oxygen atoms in total. The van der Waals surface area contributed by atoms with Gasteiger partial charge in [0.1, 0.15) is 0 Å². The maximum atomic E-state index is 13.2. The van der Waals surface area contributed by atoms with Crippen molar-refractivity contribution < 1.29 is 8.42 Å². The lowest BCUT2D eigenvalue weighted by Crippen LogP contribution is -2.36. The lowest BCUT2D eigenvalue weighted by molar-refractivity contribution is 0.498. The third kappa shape index (κ3) is 2.78. The summed E-state index contributed by atoms with van der Waals surface area (Å²) in [7, 11) is -3.60. The summed E-state index contributed by atoms with van der Waals surface area (Å²) in [4.78, 5) is 4.75. The van der Waals surface area contributed by atoms with E-state index >= 15 is 0 Å². The third-order valence-corrected chi connectivity index (χ3v) is 6.72. The quantitative estimate of drug-likeness (QED) is 0.708. The van der Waals surface area contributed by atoms with E-state index in [0.29, 0.717) is 17.9 Å². The fourth-order valence-electron chi connectivity index (χ4n) is 3.68. The molecule has 2 aromatic carbocycles. The average Bonchev–Trinajstić information content (AvgIpc) is 2.97. The van der Waals surface area contributed by atoms with Gasteiger partial charge >= 0.3 is 0 Å². The molecule has 26 heavy (non-hydrogen) atoms. The van der Waals surface area contributed by atoms with Gasteiger partial charge < -0.3 is 0 Å². The van der Waals surface area contributed by atoms with E-state index in [1.54, 1.807) is 34.8 Å². The lowest BCUT2D eigenvalue weighted by atomic mass is 9.80. The van der Waals surface area contributed by atoms with E-state index in [4.69, 9.17) is 0 Å². The van der Waals surface area contributed by atoms with E-state index in [0.717, 1.165) is 16.9 Å². The summed E-state index contributed by atoms with van der Waals surface area (Å²) in [6.45, 7) is 2.52. The number of pyridine rings is 1.